The molecule has 0 radical (unpaired) electrons. The number of benzene rings is 2. The van der Waals surface area contributed by atoms with Gasteiger partial charge in [0.15, 0.2) is 0 Å². The first-order valence-corrected chi connectivity index (χ1v) is 14.0. The van der Waals surface area contributed by atoms with Gasteiger partial charge in [0.05, 0.1) is 5.60 Å². The number of likely N-dealkylation sites (tertiary alicyclic amines) is 1. The molecule has 0 bridgehead atoms. The molecule has 1 N–H and O–H groups in total. The number of rotatable bonds is 6. The quantitative estimate of drug-likeness (QED) is 0.355. The van der Waals surface area contributed by atoms with Crippen molar-refractivity contribution >= 4 is 40.1 Å². The summed E-state index contributed by atoms with van der Waals surface area (Å²) in [4.78, 5) is 27.9. The Morgan fingerprint density at radius 1 is 1.16 bits per heavy atom. The van der Waals surface area contributed by atoms with Crippen LogP contribution >= 0.6 is 23.2 Å². The summed E-state index contributed by atoms with van der Waals surface area (Å²) in [7, 11) is 0. The lowest BCUT2D eigenvalue weighted by molar-refractivity contribution is -0.143. The van der Waals surface area contributed by atoms with Crippen molar-refractivity contribution in [3.63, 3.8) is 0 Å². The Bertz CT molecular complexity index is 1430. The van der Waals surface area contributed by atoms with Gasteiger partial charge >= 0.3 is 5.63 Å². The molecule has 2 aromatic carbocycles. The third kappa shape index (κ3) is 5.31. The highest BCUT2D eigenvalue weighted by Gasteiger charge is 2.43. The van der Waals surface area contributed by atoms with E-state index in [4.69, 9.17) is 32.4 Å². The smallest absolute Gasteiger partial charge is 0.339 e. The molecule has 3 aromatic rings. The summed E-state index contributed by atoms with van der Waals surface area (Å²) in [6, 6.07) is 9.00. The summed E-state index contributed by atoms with van der Waals surface area (Å²) < 4.78 is 11.8. The van der Waals surface area contributed by atoms with Crippen LogP contribution in [0.2, 0.25) is 10.0 Å². The van der Waals surface area contributed by atoms with Crippen LogP contribution in [0.4, 0.5) is 0 Å². The van der Waals surface area contributed by atoms with Crippen molar-refractivity contribution in [2.24, 2.45) is 5.92 Å². The van der Waals surface area contributed by atoms with Crippen molar-refractivity contribution in [2.45, 2.75) is 71.0 Å². The molecule has 0 spiro atoms. The molecule has 5 rings (SSSR count). The zero-order chi connectivity index (χ0) is 27.0. The number of amides is 1. The third-order valence-electron chi connectivity index (χ3n) is 8.42. The largest absolute Gasteiger partial charge is 0.488 e. The van der Waals surface area contributed by atoms with Gasteiger partial charge in [0.2, 0.25) is 5.91 Å². The predicted molar refractivity (Wildman–Crippen MR) is 149 cm³/mol. The molecule has 1 aromatic heterocycles. The molecule has 1 saturated heterocycles. The molecule has 1 aliphatic heterocycles. The minimum Gasteiger partial charge on any atom is -0.488 e. The number of hydrogen-bond acceptors (Lipinski definition) is 5. The standard InChI is InChI=1S/C30H33Cl2NO5/c1-18-23-8-10-26(37-17-20-6-7-22(31)15-25(20)32)19(2)28(23)38-29(35)24(18)9-11-27(34)33-14-13-30(36)12-4-3-5-21(30)16-33/h6-8,10,15,21,36H,3-5,9,11-14,16-17H2,1-2H3. The van der Waals surface area contributed by atoms with Gasteiger partial charge in [-0.1, -0.05) is 42.1 Å². The van der Waals surface area contributed by atoms with Crippen molar-refractivity contribution in [1.29, 1.82) is 0 Å². The molecule has 2 atom stereocenters. The maximum absolute atomic E-state index is 13.0. The number of fused-ring (bicyclic) bond motifs is 2. The second kappa shape index (κ2) is 10.9. The Balaban J connectivity index is 1.29. The zero-order valence-electron chi connectivity index (χ0n) is 21.8. The first-order valence-electron chi connectivity index (χ1n) is 13.3. The molecule has 38 heavy (non-hydrogen) atoms. The number of nitrogens with zero attached hydrogens (tertiary/aromatic N) is 1. The zero-order valence-corrected chi connectivity index (χ0v) is 23.3. The minimum absolute atomic E-state index is 0.0253. The van der Waals surface area contributed by atoms with Crippen LogP contribution < -0.4 is 10.4 Å². The van der Waals surface area contributed by atoms with E-state index in [2.05, 4.69) is 0 Å². The summed E-state index contributed by atoms with van der Waals surface area (Å²) in [6.07, 6.45) is 5.15. The van der Waals surface area contributed by atoms with E-state index in [1.807, 2.05) is 36.9 Å². The Morgan fingerprint density at radius 3 is 2.76 bits per heavy atom. The molecular weight excluding hydrogens is 525 g/mol. The van der Waals surface area contributed by atoms with Gasteiger partial charge in [0.25, 0.3) is 0 Å². The van der Waals surface area contributed by atoms with Crippen LogP contribution in [-0.2, 0) is 17.8 Å². The van der Waals surface area contributed by atoms with Gasteiger partial charge in [0, 0.05) is 57.6 Å². The maximum atomic E-state index is 13.0. The highest BCUT2D eigenvalue weighted by Crippen LogP contribution is 2.40. The fraction of sp³-hybridized carbons (Fsp3) is 0.467. The van der Waals surface area contributed by atoms with E-state index in [0.29, 0.717) is 52.9 Å². The van der Waals surface area contributed by atoms with E-state index < -0.39 is 11.2 Å². The van der Waals surface area contributed by atoms with E-state index in [1.54, 1.807) is 12.1 Å². The molecule has 8 heteroatoms. The Kier molecular flexibility index (Phi) is 7.77. The van der Waals surface area contributed by atoms with Gasteiger partial charge in [-0.25, -0.2) is 4.79 Å². The van der Waals surface area contributed by atoms with Crippen LogP contribution in [0.15, 0.2) is 39.5 Å². The molecular formula is C30H33Cl2NO5. The number of hydrogen-bond donors (Lipinski definition) is 1. The molecule has 2 fully saturated rings. The lowest BCUT2D eigenvalue weighted by Crippen LogP contribution is -2.54. The van der Waals surface area contributed by atoms with Crippen molar-refractivity contribution in [2.75, 3.05) is 13.1 Å². The van der Waals surface area contributed by atoms with Gasteiger partial charge in [-0.3, -0.25) is 4.79 Å². The predicted octanol–water partition coefficient (Wildman–Crippen LogP) is 6.38. The lowest BCUT2D eigenvalue weighted by Gasteiger charge is -2.47. The van der Waals surface area contributed by atoms with Crippen molar-refractivity contribution in [3.8, 4) is 5.75 Å². The van der Waals surface area contributed by atoms with E-state index in [1.165, 1.54) is 0 Å². The molecule has 2 heterocycles. The van der Waals surface area contributed by atoms with Gasteiger partial charge in [0.1, 0.15) is 17.9 Å². The Labute approximate surface area is 232 Å². The van der Waals surface area contributed by atoms with Crippen LogP contribution in [0.5, 0.6) is 5.75 Å². The second-order valence-electron chi connectivity index (χ2n) is 10.7. The van der Waals surface area contributed by atoms with Gasteiger partial charge in [-0.15, -0.1) is 0 Å². The first kappa shape index (κ1) is 27.0. The van der Waals surface area contributed by atoms with Crippen LogP contribution in [0.1, 0.15) is 60.8 Å². The number of piperidine rings is 1. The van der Waals surface area contributed by atoms with Crippen LogP contribution in [0, 0.1) is 19.8 Å². The van der Waals surface area contributed by atoms with Gasteiger partial charge in [-0.05, 0) is 69.4 Å². The molecule has 1 saturated carbocycles. The molecule has 6 nitrogen and oxygen atoms in total. The van der Waals surface area contributed by atoms with Crippen LogP contribution in [-0.4, -0.2) is 34.6 Å². The summed E-state index contributed by atoms with van der Waals surface area (Å²) in [5.74, 6) is 0.774. The third-order valence-corrected chi connectivity index (χ3v) is 9.01. The monoisotopic (exact) mass is 557 g/mol. The highest BCUT2D eigenvalue weighted by atomic mass is 35.5. The summed E-state index contributed by atoms with van der Waals surface area (Å²) in [5.41, 5.74) is 2.31. The average molecular weight is 559 g/mol. The lowest BCUT2D eigenvalue weighted by atomic mass is 9.71. The van der Waals surface area contributed by atoms with Crippen molar-refractivity contribution < 1.29 is 19.1 Å². The van der Waals surface area contributed by atoms with Crippen LogP contribution in [0.3, 0.4) is 0 Å². The van der Waals surface area contributed by atoms with Crippen LogP contribution in [0.25, 0.3) is 11.0 Å². The van der Waals surface area contributed by atoms with Crippen molar-refractivity contribution in [1.82, 2.24) is 4.90 Å². The maximum Gasteiger partial charge on any atom is 0.339 e. The highest BCUT2D eigenvalue weighted by molar-refractivity contribution is 6.35. The Morgan fingerprint density at radius 2 is 1.97 bits per heavy atom. The fourth-order valence-corrected chi connectivity index (χ4v) is 6.46. The minimum atomic E-state index is -0.619. The molecule has 1 amide bonds. The number of aryl methyl sites for hydroxylation is 2. The summed E-state index contributed by atoms with van der Waals surface area (Å²) >= 11 is 12.2. The second-order valence-corrected chi connectivity index (χ2v) is 11.6. The normalized spacial score (nSPS) is 21.4. The number of halogens is 2. The van der Waals surface area contributed by atoms with E-state index in [9.17, 15) is 14.7 Å². The average Bonchev–Trinajstić information content (AvgIpc) is 2.88. The number of aliphatic hydroxyl groups is 1. The van der Waals surface area contributed by atoms with Gasteiger partial charge in [-0.2, -0.15) is 0 Å². The first-order chi connectivity index (χ1) is 18.2. The SMILES string of the molecule is Cc1c(CCC(=O)N2CCC3(O)CCCCC3C2)c(=O)oc2c(C)c(OCc3ccc(Cl)cc3Cl)ccc12. The fourth-order valence-electron chi connectivity index (χ4n) is 6.00. The number of ether oxygens (including phenoxy) is 1. The molecule has 2 aliphatic rings. The summed E-state index contributed by atoms with van der Waals surface area (Å²) in [6.45, 7) is 5.18. The Hall–Kier alpha value is -2.54. The summed E-state index contributed by atoms with van der Waals surface area (Å²) in [5, 5.41) is 12.8. The van der Waals surface area contributed by atoms with E-state index in [-0.39, 0.29) is 24.9 Å². The molecule has 202 valence electrons. The topological polar surface area (TPSA) is 80.0 Å². The molecule has 1 aliphatic carbocycles. The van der Waals surface area contributed by atoms with E-state index in [0.717, 1.165) is 47.8 Å². The van der Waals surface area contributed by atoms with E-state index >= 15 is 0 Å². The number of carbonyl (C=O) groups is 1. The number of carbonyl (C=O) groups excluding carboxylic acids is 1. The van der Waals surface area contributed by atoms with Gasteiger partial charge < -0.3 is 19.2 Å². The van der Waals surface area contributed by atoms with Crippen molar-refractivity contribution in [3.05, 3.63) is 73.1 Å². The molecule has 2 unspecified atom stereocenters.